The van der Waals surface area contributed by atoms with Crippen molar-refractivity contribution < 1.29 is 13.2 Å². The van der Waals surface area contributed by atoms with Crippen LogP contribution < -0.4 is 5.56 Å². The van der Waals surface area contributed by atoms with Crippen LogP contribution in [0.3, 0.4) is 0 Å². The Bertz CT molecular complexity index is 416. The van der Waals surface area contributed by atoms with Crippen molar-refractivity contribution >= 4 is 31.9 Å². The minimum atomic E-state index is -4.42. The van der Waals surface area contributed by atoms with Crippen molar-refractivity contribution in [1.82, 2.24) is 4.57 Å². The standard InChI is InChI=1S/C9H8Br2F3NO/c10-3-7(11)5-15-4-6(9(12,13)14)1-2-8(15)16/h1-2,4,7H,3,5H2. The topological polar surface area (TPSA) is 22.0 Å². The van der Waals surface area contributed by atoms with E-state index in [0.717, 1.165) is 22.9 Å². The van der Waals surface area contributed by atoms with Crippen LogP contribution in [0.4, 0.5) is 13.2 Å². The van der Waals surface area contributed by atoms with Crippen molar-refractivity contribution in [3.05, 3.63) is 34.2 Å². The molecule has 1 unspecified atom stereocenters. The summed E-state index contributed by atoms with van der Waals surface area (Å²) in [4.78, 5) is 11.2. The van der Waals surface area contributed by atoms with Crippen molar-refractivity contribution in [3.8, 4) is 0 Å². The Kier molecular flexibility index (Phi) is 4.61. The molecule has 7 heteroatoms. The van der Waals surface area contributed by atoms with Gasteiger partial charge >= 0.3 is 6.18 Å². The first kappa shape index (κ1) is 13.8. The van der Waals surface area contributed by atoms with Crippen LogP contribution in [0, 0.1) is 0 Å². The molecule has 0 aliphatic carbocycles. The molecule has 1 aromatic heterocycles. The van der Waals surface area contributed by atoms with Crippen LogP contribution in [-0.4, -0.2) is 14.7 Å². The van der Waals surface area contributed by atoms with Gasteiger partial charge in [0.2, 0.25) is 0 Å². The number of nitrogens with zero attached hydrogens (tertiary/aromatic N) is 1. The minimum absolute atomic E-state index is 0.0892. The quantitative estimate of drug-likeness (QED) is 0.757. The van der Waals surface area contributed by atoms with Crippen LogP contribution in [0.15, 0.2) is 23.1 Å². The zero-order valence-electron chi connectivity index (χ0n) is 7.97. The van der Waals surface area contributed by atoms with Gasteiger partial charge in [-0.25, -0.2) is 0 Å². The maximum Gasteiger partial charge on any atom is 0.417 e. The summed E-state index contributed by atoms with van der Waals surface area (Å²) in [6.07, 6.45) is -3.59. The molecule has 0 amide bonds. The maximum atomic E-state index is 12.4. The maximum absolute atomic E-state index is 12.4. The lowest BCUT2D eigenvalue weighted by atomic mass is 10.2. The highest BCUT2D eigenvalue weighted by atomic mass is 79.9. The van der Waals surface area contributed by atoms with E-state index in [9.17, 15) is 18.0 Å². The highest BCUT2D eigenvalue weighted by molar-refractivity contribution is 9.12. The highest BCUT2D eigenvalue weighted by Crippen LogP contribution is 2.28. The number of pyridine rings is 1. The zero-order valence-corrected chi connectivity index (χ0v) is 11.1. The molecular formula is C9H8Br2F3NO. The molecule has 0 saturated carbocycles. The third-order valence-corrected chi connectivity index (χ3v) is 4.14. The Hall–Kier alpha value is -0.300. The summed E-state index contributed by atoms with van der Waals surface area (Å²) in [5.41, 5.74) is -1.26. The third-order valence-electron chi connectivity index (χ3n) is 1.87. The van der Waals surface area contributed by atoms with E-state index >= 15 is 0 Å². The van der Waals surface area contributed by atoms with E-state index in [0.29, 0.717) is 5.33 Å². The summed E-state index contributed by atoms with van der Waals surface area (Å²) in [6.45, 7) is 0.188. The van der Waals surface area contributed by atoms with Crippen LogP contribution >= 0.6 is 31.9 Å². The molecule has 1 rings (SSSR count). The monoisotopic (exact) mass is 361 g/mol. The van der Waals surface area contributed by atoms with Crippen molar-refractivity contribution in [1.29, 1.82) is 0 Å². The lowest BCUT2D eigenvalue weighted by Gasteiger charge is -2.12. The second-order valence-electron chi connectivity index (χ2n) is 3.16. The van der Waals surface area contributed by atoms with E-state index in [-0.39, 0.29) is 11.4 Å². The van der Waals surface area contributed by atoms with Gasteiger partial charge in [-0.15, -0.1) is 0 Å². The molecule has 0 spiro atoms. The number of alkyl halides is 5. The average Bonchev–Trinajstić information content (AvgIpc) is 2.19. The molecule has 2 nitrogen and oxygen atoms in total. The highest BCUT2D eigenvalue weighted by Gasteiger charge is 2.31. The van der Waals surface area contributed by atoms with Gasteiger partial charge in [-0.05, 0) is 6.07 Å². The summed E-state index contributed by atoms with van der Waals surface area (Å²) in [6, 6.07) is 1.72. The number of halogens is 5. The average molecular weight is 363 g/mol. The first-order chi connectivity index (χ1) is 7.34. The van der Waals surface area contributed by atoms with Crippen molar-refractivity contribution in [2.45, 2.75) is 17.5 Å². The van der Waals surface area contributed by atoms with Crippen LogP contribution in [0.1, 0.15) is 5.56 Å². The molecule has 90 valence electrons. The lowest BCUT2D eigenvalue weighted by molar-refractivity contribution is -0.138. The minimum Gasteiger partial charge on any atom is -0.314 e. The molecule has 0 fully saturated rings. The molecule has 1 heterocycles. The van der Waals surface area contributed by atoms with Gasteiger partial charge in [-0.1, -0.05) is 31.9 Å². The van der Waals surface area contributed by atoms with Crippen LogP contribution in [-0.2, 0) is 12.7 Å². The summed E-state index contributed by atoms with van der Waals surface area (Å²) in [7, 11) is 0. The van der Waals surface area contributed by atoms with Gasteiger partial charge in [-0.3, -0.25) is 4.79 Å². The summed E-state index contributed by atoms with van der Waals surface area (Å²) in [5.74, 6) is 0. The zero-order chi connectivity index (χ0) is 12.3. The lowest BCUT2D eigenvalue weighted by Crippen LogP contribution is -2.25. The van der Waals surface area contributed by atoms with Crippen LogP contribution in [0.25, 0.3) is 0 Å². The third kappa shape index (κ3) is 3.62. The Morgan fingerprint density at radius 3 is 2.50 bits per heavy atom. The largest absolute Gasteiger partial charge is 0.417 e. The summed E-state index contributed by atoms with van der Waals surface area (Å²) in [5, 5.41) is 0.551. The molecule has 0 saturated heterocycles. The van der Waals surface area contributed by atoms with Gasteiger partial charge < -0.3 is 4.57 Å². The second kappa shape index (κ2) is 5.35. The fourth-order valence-electron chi connectivity index (χ4n) is 1.10. The van der Waals surface area contributed by atoms with Gasteiger partial charge in [0.1, 0.15) is 0 Å². The van der Waals surface area contributed by atoms with Gasteiger partial charge in [0.15, 0.2) is 0 Å². The first-order valence-corrected chi connectivity index (χ1v) is 6.36. The van der Waals surface area contributed by atoms with Crippen molar-refractivity contribution in [2.75, 3.05) is 5.33 Å². The number of aromatic nitrogens is 1. The number of hydrogen-bond donors (Lipinski definition) is 0. The molecule has 0 N–H and O–H groups in total. The van der Waals surface area contributed by atoms with Gasteiger partial charge in [0.05, 0.1) is 5.56 Å². The van der Waals surface area contributed by atoms with Crippen molar-refractivity contribution in [3.63, 3.8) is 0 Å². The summed E-state index contributed by atoms with van der Waals surface area (Å²) < 4.78 is 38.2. The van der Waals surface area contributed by atoms with Gasteiger partial charge in [-0.2, -0.15) is 13.2 Å². The van der Waals surface area contributed by atoms with E-state index in [1.165, 1.54) is 0 Å². The fourth-order valence-corrected chi connectivity index (χ4v) is 1.62. The Balaban J connectivity index is 3.05. The van der Waals surface area contributed by atoms with Crippen LogP contribution in [0.2, 0.25) is 0 Å². The fraction of sp³-hybridized carbons (Fsp3) is 0.444. The Morgan fingerprint density at radius 1 is 1.38 bits per heavy atom. The Morgan fingerprint density at radius 2 is 2.00 bits per heavy atom. The predicted molar refractivity (Wildman–Crippen MR) is 62.2 cm³/mol. The molecule has 0 aromatic carbocycles. The predicted octanol–water partition coefficient (Wildman–Crippen LogP) is 3.03. The van der Waals surface area contributed by atoms with Crippen LogP contribution in [0.5, 0.6) is 0 Å². The van der Waals surface area contributed by atoms with E-state index in [1.54, 1.807) is 0 Å². The van der Waals surface area contributed by atoms with Crippen molar-refractivity contribution in [2.24, 2.45) is 0 Å². The molecule has 0 aliphatic rings. The molecule has 1 aromatic rings. The molecule has 0 radical (unpaired) electrons. The molecule has 0 bridgehead atoms. The van der Waals surface area contributed by atoms with Gasteiger partial charge in [0.25, 0.3) is 5.56 Å². The number of rotatable bonds is 3. The van der Waals surface area contributed by atoms with E-state index in [4.69, 9.17) is 0 Å². The SMILES string of the molecule is O=c1ccc(C(F)(F)F)cn1CC(Br)CBr. The molecule has 1 atom stereocenters. The van der Waals surface area contributed by atoms with E-state index < -0.39 is 17.3 Å². The molecular weight excluding hydrogens is 355 g/mol. The Labute approximate surface area is 107 Å². The molecule has 0 aliphatic heterocycles. The van der Waals surface area contributed by atoms with Gasteiger partial charge in [0, 0.05) is 29.0 Å². The smallest absolute Gasteiger partial charge is 0.314 e. The van der Waals surface area contributed by atoms with E-state index in [1.807, 2.05) is 0 Å². The molecule has 16 heavy (non-hydrogen) atoms. The van der Waals surface area contributed by atoms with E-state index in [2.05, 4.69) is 31.9 Å². The number of hydrogen-bond acceptors (Lipinski definition) is 1. The second-order valence-corrected chi connectivity index (χ2v) is 5.10. The first-order valence-electron chi connectivity index (χ1n) is 4.32. The summed E-state index contributed by atoms with van der Waals surface area (Å²) >= 11 is 6.41. The normalized spacial score (nSPS) is 13.8.